The molecule has 0 saturated carbocycles. The average Bonchev–Trinajstić information content (AvgIpc) is 3.39. The van der Waals surface area contributed by atoms with Crippen molar-refractivity contribution in [2.24, 2.45) is 0 Å². The highest BCUT2D eigenvalue weighted by Gasteiger charge is 2.24. The molecule has 2 heterocycles. The van der Waals surface area contributed by atoms with Crippen molar-refractivity contribution >= 4 is 11.0 Å². The molecule has 6 rings (SSSR count). The largest absolute Gasteiger partial charge is 0.507 e. The van der Waals surface area contributed by atoms with Crippen LogP contribution in [0.2, 0.25) is 0 Å². The number of hydrogen-bond donors (Lipinski definition) is 1. The van der Waals surface area contributed by atoms with Crippen LogP contribution < -0.4 is 0 Å². The second-order valence-electron chi connectivity index (χ2n) is 13.3. The third kappa shape index (κ3) is 5.30. The van der Waals surface area contributed by atoms with Crippen molar-refractivity contribution in [1.29, 1.82) is 0 Å². The molecular formula is C40H41N3O. The highest BCUT2D eigenvalue weighted by Crippen LogP contribution is 2.41. The van der Waals surface area contributed by atoms with Gasteiger partial charge in [-0.05, 0) is 75.9 Å². The van der Waals surface area contributed by atoms with Gasteiger partial charge in [0, 0.05) is 17.3 Å². The standard InChI is InChI=1S/C40H41N3O/c1-25(2)30-16-11-17-31(26(3)4)38(30)43-35-19-12-18-32(37(35)42-39(43)33-15-8-9-20-36(33)44)27-13-10-14-28(23-27)34-24-29(21-22-41-34)40(5,6)7/h8-26,44H,1-7H3. The molecule has 0 bridgehead atoms. The van der Waals surface area contributed by atoms with Gasteiger partial charge in [0.2, 0.25) is 0 Å². The first kappa shape index (κ1) is 29.4. The minimum Gasteiger partial charge on any atom is -0.507 e. The van der Waals surface area contributed by atoms with E-state index in [-0.39, 0.29) is 11.2 Å². The Bertz CT molecular complexity index is 1950. The number of para-hydroxylation sites is 3. The Morgan fingerprint density at radius 2 is 1.32 bits per heavy atom. The lowest BCUT2D eigenvalue weighted by molar-refractivity contribution is 0.477. The van der Waals surface area contributed by atoms with Crippen molar-refractivity contribution in [3.63, 3.8) is 0 Å². The monoisotopic (exact) mass is 579 g/mol. The summed E-state index contributed by atoms with van der Waals surface area (Å²) in [6, 6.07) is 33.4. The fraction of sp³-hybridized carbons (Fsp3) is 0.250. The van der Waals surface area contributed by atoms with Crippen LogP contribution in [-0.2, 0) is 5.41 Å². The van der Waals surface area contributed by atoms with Crippen LogP contribution >= 0.6 is 0 Å². The molecule has 4 nitrogen and oxygen atoms in total. The summed E-state index contributed by atoms with van der Waals surface area (Å²) in [5.74, 6) is 1.55. The predicted octanol–water partition coefficient (Wildman–Crippen LogP) is 10.7. The molecule has 4 heteroatoms. The van der Waals surface area contributed by atoms with E-state index < -0.39 is 0 Å². The van der Waals surface area contributed by atoms with E-state index in [9.17, 15) is 5.11 Å². The molecule has 0 unspecified atom stereocenters. The van der Waals surface area contributed by atoms with E-state index in [1.54, 1.807) is 6.07 Å². The van der Waals surface area contributed by atoms with Crippen LogP contribution in [0.25, 0.3) is 50.5 Å². The summed E-state index contributed by atoms with van der Waals surface area (Å²) >= 11 is 0. The summed E-state index contributed by atoms with van der Waals surface area (Å²) in [4.78, 5) is 10.1. The zero-order chi connectivity index (χ0) is 31.2. The summed E-state index contributed by atoms with van der Waals surface area (Å²) < 4.78 is 2.27. The van der Waals surface area contributed by atoms with Gasteiger partial charge in [-0.1, -0.05) is 109 Å². The molecule has 0 aliphatic rings. The number of pyridine rings is 1. The number of aromatic nitrogens is 3. The number of phenolic OH excluding ortho intramolecular Hbond substituents is 1. The number of phenols is 1. The molecule has 0 fully saturated rings. The Kier molecular flexibility index (Phi) is 7.63. The van der Waals surface area contributed by atoms with Gasteiger partial charge in [0.1, 0.15) is 11.6 Å². The number of fused-ring (bicyclic) bond motifs is 1. The summed E-state index contributed by atoms with van der Waals surface area (Å²) in [7, 11) is 0. The Hall–Kier alpha value is -4.70. The van der Waals surface area contributed by atoms with Crippen LogP contribution in [0.1, 0.15) is 77.0 Å². The first-order valence-electron chi connectivity index (χ1n) is 15.5. The molecule has 44 heavy (non-hydrogen) atoms. The fourth-order valence-electron chi connectivity index (χ4n) is 6.07. The van der Waals surface area contributed by atoms with Gasteiger partial charge in [-0.3, -0.25) is 9.55 Å². The van der Waals surface area contributed by atoms with Crippen LogP contribution in [-0.4, -0.2) is 19.6 Å². The molecule has 2 aromatic heterocycles. The predicted molar refractivity (Wildman–Crippen MR) is 184 cm³/mol. The fourth-order valence-corrected chi connectivity index (χ4v) is 6.07. The van der Waals surface area contributed by atoms with Gasteiger partial charge in [-0.15, -0.1) is 0 Å². The Balaban J connectivity index is 1.64. The number of rotatable bonds is 6. The number of imidazole rings is 1. The van der Waals surface area contributed by atoms with Gasteiger partial charge in [-0.2, -0.15) is 0 Å². The first-order valence-corrected chi connectivity index (χ1v) is 15.5. The van der Waals surface area contributed by atoms with Gasteiger partial charge in [0.05, 0.1) is 28.0 Å². The van der Waals surface area contributed by atoms with E-state index in [0.717, 1.165) is 44.9 Å². The highest BCUT2D eigenvalue weighted by molar-refractivity contribution is 5.96. The molecule has 0 aliphatic carbocycles. The second-order valence-corrected chi connectivity index (χ2v) is 13.3. The summed E-state index contributed by atoms with van der Waals surface area (Å²) in [6.45, 7) is 15.6. The van der Waals surface area contributed by atoms with E-state index in [4.69, 9.17) is 9.97 Å². The van der Waals surface area contributed by atoms with E-state index in [0.29, 0.717) is 17.4 Å². The molecule has 0 aliphatic heterocycles. The lowest BCUT2D eigenvalue weighted by Crippen LogP contribution is -2.11. The van der Waals surface area contributed by atoms with E-state index in [2.05, 4.69) is 126 Å². The van der Waals surface area contributed by atoms with Crippen molar-refractivity contribution < 1.29 is 5.11 Å². The van der Waals surface area contributed by atoms with Gasteiger partial charge in [0.25, 0.3) is 0 Å². The molecule has 222 valence electrons. The Morgan fingerprint density at radius 1 is 0.682 bits per heavy atom. The highest BCUT2D eigenvalue weighted by atomic mass is 16.3. The quantitative estimate of drug-likeness (QED) is 0.213. The van der Waals surface area contributed by atoms with Crippen molar-refractivity contribution in [2.45, 2.75) is 65.7 Å². The zero-order valence-electron chi connectivity index (χ0n) is 26.8. The maximum absolute atomic E-state index is 11.1. The summed E-state index contributed by atoms with van der Waals surface area (Å²) in [5, 5.41) is 11.1. The molecular weight excluding hydrogens is 538 g/mol. The maximum atomic E-state index is 11.1. The smallest absolute Gasteiger partial charge is 0.149 e. The Morgan fingerprint density at radius 3 is 2.00 bits per heavy atom. The molecule has 4 aromatic carbocycles. The van der Waals surface area contributed by atoms with Crippen molar-refractivity contribution in [1.82, 2.24) is 14.5 Å². The van der Waals surface area contributed by atoms with Crippen LogP contribution in [0.3, 0.4) is 0 Å². The van der Waals surface area contributed by atoms with Gasteiger partial charge < -0.3 is 5.11 Å². The summed E-state index contributed by atoms with van der Waals surface area (Å²) in [6.07, 6.45) is 1.90. The normalized spacial score (nSPS) is 12.0. The molecule has 1 N–H and O–H groups in total. The maximum Gasteiger partial charge on any atom is 0.149 e. The zero-order valence-corrected chi connectivity index (χ0v) is 26.8. The van der Waals surface area contributed by atoms with Gasteiger partial charge in [0.15, 0.2) is 0 Å². The Labute approximate surface area is 261 Å². The van der Waals surface area contributed by atoms with Crippen LogP contribution in [0.4, 0.5) is 0 Å². The number of aromatic hydroxyl groups is 1. The van der Waals surface area contributed by atoms with E-state index >= 15 is 0 Å². The van der Waals surface area contributed by atoms with Crippen LogP contribution in [0.15, 0.2) is 103 Å². The topological polar surface area (TPSA) is 50.9 Å². The lowest BCUT2D eigenvalue weighted by Gasteiger charge is -2.22. The minimum absolute atomic E-state index is 0.0360. The molecule has 0 saturated heterocycles. The van der Waals surface area contributed by atoms with Crippen molar-refractivity contribution in [3.05, 3.63) is 120 Å². The summed E-state index contributed by atoms with van der Waals surface area (Å²) in [5.41, 5.74) is 11.7. The first-order chi connectivity index (χ1) is 21.0. The van der Waals surface area contributed by atoms with Gasteiger partial charge in [-0.25, -0.2) is 4.98 Å². The average molecular weight is 580 g/mol. The van der Waals surface area contributed by atoms with Gasteiger partial charge >= 0.3 is 0 Å². The van der Waals surface area contributed by atoms with Crippen molar-refractivity contribution in [3.8, 4) is 45.2 Å². The molecule has 0 spiro atoms. The third-order valence-electron chi connectivity index (χ3n) is 8.49. The van der Waals surface area contributed by atoms with E-state index in [1.165, 1.54) is 16.7 Å². The molecule has 0 atom stereocenters. The molecule has 0 radical (unpaired) electrons. The number of hydrogen-bond acceptors (Lipinski definition) is 3. The van der Waals surface area contributed by atoms with Crippen LogP contribution in [0, 0.1) is 0 Å². The number of nitrogens with zero attached hydrogens (tertiary/aromatic N) is 3. The minimum atomic E-state index is 0.0360. The van der Waals surface area contributed by atoms with Crippen LogP contribution in [0.5, 0.6) is 5.75 Å². The lowest BCUT2D eigenvalue weighted by atomic mass is 9.87. The SMILES string of the molecule is CC(C)c1cccc(C(C)C)c1-n1c(-c2ccccc2O)nc2c(-c3cccc(-c4cc(C(C)(C)C)ccn4)c3)cccc21. The second kappa shape index (κ2) is 11.4. The number of benzene rings is 4. The van der Waals surface area contributed by atoms with E-state index in [1.807, 2.05) is 24.4 Å². The molecule has 0 amide bonds. The molecule has 6 aromatic rings. The van der Waals surface area contributed by atoms with Crippen molar-refractivity contribution in [2.75, 3.05) is 0 Å². The third-order valence-corrected chi connectivity index (χ3v) is 8.49.